The van der Waals surface area contributed by atoms with Crippen LogP contribution in [0.15, 0.2) is 22.0 Å². The predicted molar refractivity (Wildman–Crippen MR) is 79.5 cm³/mol. The van der Waals surface area contributed by atoms with Crippen molar-refractivity contribution < 1.29 is 9.53 Å². The maximum Gasteiger partial charge on any atom is 0.286 e. The molecule has 0 aliphatic carbocycles. The van der Waals surface area contributed by atoms with Gasteiger partial charge in [-0.25, -0.2) is 0 Å². The molecule has 0 saturated carbocycles. The van der Waals surface area contributed by atoms with Crippen molar-refractivity contribution in [1.82, 2.24) is 4.90 Å². The molecule has 0 radical (unpaired) electrons. The zero-order valence-electron chi connectivity index (χ0n) is 10.6. The van der Waals surface area contributed by atoms with E-state index in [0.717, 1.165) is 23.1 Å². The molecule has 2 aliphatic heterocycles. The van der Waals surface area contributed by atoms with Gasteiger partial charge in [0, 0.05) is 22.8 Å². The highest BCUT2D eigenvalue weighted by Crippen LogP contribution is 2.31. The third-order valence-corrected chi connectivity index (χ3v) is 4.92. The summed E-state index contributed by atoms with van der Waals surface area (Å²) in [6, 6.07) is 4.10. The van der Waals surface area contributed by atoms with Crippen molar-refractivity contribution in [2.75, 3.05) is 26.3 Å². The number of nitrogens with zero attached hydrogens (tertiary/aromatic N) is 2. The number of aliphatic imine (C=N–C) groups is 1. The molecule has 6 heteroatoms. The minimum Gasteiger partial charge on any atom is -0.378 e. The number of thiophene rings is 1. The summed E-state index contributed by atoms with van der Waals surface area (Å²) >= 11 is 3.15. The summed E-state index contributed by atoms with van der Waals surface area (Å²) < 4.78 is 5.31. The Hall–Kier alpha value is -1.11. The number of aryl methyl sites for hydroxylation is 1. The van der Waals surface area contributed by atoms with Gasteiger partial charge in [0.2, 0.25) is 0 Å². The monoisotopic (exact) mass is 294 g/mol. The normalized spacial score (nSPS) is 22.2. The van der Waals surface area contributed by atoms with Crippen LogP contribution in [0.3, 0.4) is 0 Å². The summed E-state index contributed by atoms with van der Waals surface area (Å²) in [5.74, 6) is -0.127. The van der Waals surface area contributed by atoms with Crippen LogP contribution in [0.4, 0.5) is 0 Å². The van der Waals surface area contributed by atoms with Gasteiger partial charge >= 0.3 is 0 Å². The number of rotatable bonds is 1. The van der Waals surface area contributed by atoms with Crippen LogP contribution >= 0.6 is 23.1 Å². The molecule has 0 spiro atoms. The van der Waals surface area contributed by atoms with Crippen molar-refractivity contribution in [3.63, 3.8) is 0 Å². The van der Waals surface area contributed by atoms with Gasteiger partial charge in [-0.2, -0.15) is 4.99 Å². The van der Waals surface area contributed by atoms with Gasteiger partial charge in [0.25, 0.3) is 5.91 Å². The second-order valence-corrected chi connectivity index (χ2v) is 6.69. The highest BCUT2D eigenvalue weighted by Gasteiger charge is 2.27. The first-order valence-corrected chi connectivity index (χ1v) is 7.77. The summed E-state index contributed by atoms with van der Waals surface area (Å²) in [5.41, 5.74) is 0. The lowest BCUT2D eigenvalue weighted by atomic mass is 10.4. The van der Waals surface area contributed by atoms with E-state index in [1.807, 2.05) is 12.1 Å². The predicted octanol–water partition coefficient (Wildman–Crippen LogP) is 2.36. The number of thioether (sulfide) groups is 1. The number of amides is 1. The van der Waals surface area contributed by atoms with E-state index >= 15 is 0 Å². The van der Waals surface area contributed by atoms with Gasteiger partial charge in [0.1, 0.15) is 0 Å². The number of carbonyl (C=O) groups is 1. The van der Waals surface area contributed by atoms with E-state index in [-0.39, 0.29) is 5.91 Å². The molecular formula is C13H14N2O2S2. The van der Waals surface area contributed by atoms with Gasteiger partial charge in [0.15, 0.2) is 5.17 Å². The maximum atomic E-state index is 11.9. The van der Waals surface area contributed by atoms with E-state index in [0.29, 0.717) is 18.1 Å². The number of hydrogen-bond donors (Lipinski definition) is 0. The maximum absolute atomic E-state index is 11.9. The molecule has 0 N–H and O–H groups in total. The molecule has 1 amide bonds. The summed E-state index contributed by atoms with van der Waals surface area (Å²) in [4.78, 5) is 21.2. The molecule has 3 rings (SSSR count). The zero-order chi connectivity index (χ0) is 13.2. The summed E-state index contributed by atoms with van der Waals surface area (Å²) in [6.45, 7) is 5.09. The molecule has 2 aliphatic rings. The Balaban J connectivity index is 1.74. The standard InChI is InChI=1S/C13H14N2O2S2/c1-9-2-3-10(18-9)8-11-12(16)14-13(19-11)15-4-6-17-7-5-15/h2-3,8H,4-7H2,1H3/b11-8-. The van der Waals surface area contributed by atoms with Crippen LogP contribution in [0.1, 0.15) is 9.75 Å². The average Bonchev–Trinajstić information content (AvgIpc) is 2.98. The van der Waals surface area contributed by atoms with Crippen LogP contribution < -0.4 is 0 Å². The molecule has 0 bridgehead atoms. The van der Waals surface area contributed by atoms with Crippen LogP contribution in [0, 0.1) is 6.92 Å². The van der Waals surface area contributed by atoms with Crippen molar-refractivity contribution in [2.45, 2.75) is 6.92 Å². The molecule has 4 nitrogen and oxygen atoms in total. The SMILES string of the molecule is Cc1ccc(/C=C2\SC(N3CCOCC3)=NC2=O)s1. The Bertz CT molecular complexity index is 557. The van der Waals surface area contributed by atoms with Crippen molar-refractivity contribution in [1.29, 1.82) is 0 Å². The topological polar surface area (TPSA) is 41.9 Å². The largest absolute Gasteiger partial charge is 0.378 e. The van der Waals surface area contributed by atoms with Gasteiger partial charge in [-0.05, 0) is 36.9 Å². The van der Waals surface area contributed by atoms with Crippen LogP contribution in [-0.2, 0) is 9.53 Å². The van der Waals surface area contributed by atoms with Gasteiger partial charge in [-0.15, -0.1) is 11.3 Å². The molecular weight excluding hydrogens is 280 g/mol. The number of hydrogen-bond acceptors (Lipinski definition) is 5. The lowest BCUT2D eigenvalue weighted by Crippen LogP contribution is -2.38. The third kappa shape index (κ3) is 2.91. The fourth-order valence-electron chi connectivity index (χ4n) is 1.95. The van der Waals surface area contributed by atoms with Crippen LogP contribution in [0.5, 0.6) is 0 Å². The van der Waals surface area contributed by atoms with Gasteiger partial charge in [-0.3, -0.25) is 4.79 Å². The highest BCUT2D eigenvalue weighted by atomic mass is 32.2. The lowest BCUT2D eigenvalue weighted by molar-refractivity contribution is -0.113. The first kappa shape index (κ1) is 12.9. The molecule has 1 saturated heterocycles. The number of carbonyl (C=O) groups excluding carboxylic acids is 1. The molecule has 100 valence electrons. The van der Waals surface area contributed by atoms with E-state index in [2.05, 4.69) is 22.9 Å². The van der Waals surface area contributed by atoms with E-state index in [1.54, 1.807) is 11.3 Å². The molecule has 0 aromatic carbocycles. The second kappa shape index (κ2) is 5.48. The molecule has 1 fully saturated rings. The minimum atomic E-state index is -0.127. The first-order chi connectivity index (χ1) is 9.22. The molecule has 1 aromatic heterocycles. The molecule has 0 unspecified atom stereocenters. The lowest BCUT2D eigenvalue weighted by Gasteiger charge is -2.27. The van der Waals surface area contributed by atoms with Crippen molar-refractivity contribution in [3.8, 4) is 0 Å². The van der Waals surface area contributed by atoms with Crippen LogP contribution in [-0.4, -0.2) is 42.3 Å². The van der Waals surface area contributed by atoms with Gasteiger partial charge in [-0.1, -0.05) is 0 Å². The quantitative estimate of drug-likeness (QED) is 0.746. The molecule has 1 aromatic rings. The fraction of sp³-hybridized carbons (Fsp3) is 0.385. The highest BCUT2D eigenvalue weighted by molar-refractivity contribution is 8.18. The van der Waals surface area contributed by atoms with Gasteiger partial charge in [0.05, 0.1) is 18.1 Å². The van der Waals surface area contributed by atoms with E-state index < -0.39 is 0 Å². The van der Waals surface area contributed by atoms with Crippen molar-refractivity contribution >= 4 is 40.2 Å². The average molecular weight is 294 g/mol. The Morgan fingerprint density at radius 3 is 2.84 bits per heavy atom. The Morgan fingerprint density at radius 2 is 2.16 bits per heavy atom. The smallest absolute Gasteiger partial charge is 0.286 e. The zero-order valence-corrected chi connectivity index (χ0v) is 12.2. The van der Waals surface area contributed by atoms with Crippen LogP contribution in [0.25, 0.3) is 6.08 Å². The Labute approximate surface area is 120 Å². The summed E-state index contributed by atoms with van der Waals surface area (Å²) in [5, 5.41) is 0.813. The van der Waals surface area contributed by atoms with Crippen molar-refractivity contribution in [2.24, 2.45) is 4.99 Å². The molecule has 19 heavy (non-hydrogen) atoms. The van der Waals surface area contributed by atoms with Crippen LogP contribution in [0.2, 0.25) is 0 Å². The summed E-state index contributed by atoms with van der Waals surface area (Å²) in [7, 11) is 0. The third-order valence-electron chi connectivity index (χ3n) is 2.93. The number of amidine groups is 1. The first-order valence-electron chi connectivity index (χ1n) is 6.14. The van der Waals surface area contributed by atoms with Gasteiger partial charge < -0.3 is 9.64 Å². The molecule has 3 heterocycles. The Kier molecular flexibility index (Phi) is 3.72. The second-order valence-electron chi connectivity index (χ2n) is 4.36. The summed E-state index contributed by atoms with van der Waals surface area (Å²) in [6.07, 6.45) is 1.93. The van der Waals surface area contributed by atoms with E-state index in [4.69, 9.17) is 4.74 Å². The van der Waals surface area contributed by atoms with Crippen molar-refractivity contribution in [3.05, 3.63) is 26.8 Å². The Morgan fingerprint density at radius 1 is 1.37 bits per heavy atom. The molecule has 0 atom stereocenters. The van der Waals surface area contributed by atoms with E-state index in [9.17, 15) is 4.79 Å². The number of morpholine rings is 1. The minimum absolute atomic E-state index is 0.127. The number of ether oxygens (including phenoxy) is 1. The fourth-order valence-corrected chi connectivity index (χ4v) is 3.80. The van der Waals surface area contributed by atoms with E-state index in [1.165, 1.54) is 16.6 Å².